The Balaban J connectivity index is 1.63. The van der Waals surface area contributed by atoms with E-state index in [4.69, 9.17) is 14.2 Å². The lowest BCUT2D eigenvalue weighted by Gasteiger charge is -2.22. The third-order valence-corrected chi connectivity index (χ3v) is 4.94. The fourth-order valence-corrected chi connectivity index (χ4v) is 3.57. The summed E-state index contributed by atoms with van der Waals surface area (Å²) in [5.74, 6) is -0.803. The number of carbonyl (C=O) groups excluding carboxylic acids is 3. The van der Waals surface area contributed by atoms with Crippen LogP contribution in [0.5, 0.6) is 11.5 Å². The van der Waals surface area contributed by atoms with E-state index >= 15 is 0 Å². The monoisotopic (exact) mass is 397 g/mol. The van der Waals surface area contributed by atoms with Crippen molar-refractivity contribution in [3.63, 3.8) is 0 Å². The summed E-state index contributed by atoms with van der Waals surface area (Å²) in [6.07, 6.45) is -0.470. The largest absolute Gasteiger partial charge is 0.465 e. The van der Waals surface area contributed by atoms with Gasteiger partial charge in [0.15, 0.2) is 22.9 Å². The van der Waals surface area contributed by atoms with Crippen LogP contribution >= 0.6 is 0 Å². The molecule has 1 amide bonds. The zero-order valence-electron chi connectivity index (χ0n) is 15.7. The number of para-hydroxylation sites is 1. The molecule has 4 rings (SSSR count). The van der Waals surface area contributed by atoms with Gasteiger partial charge in [0, 0.05) is 11.1 Å². The third-order valence-electron chi connectivity index (χ3n) is 4.94. The lowest BCUT2D eigenvalue weighted by molar-refractivity contribution is -0.144. The number of esters is 1. The van der Waals surface area contributed by atoms with Crippen LogP contribution in [-0.2, 0) is 19.9 Å². The first-order chi connectivity index (χ1) is 13.9. The maximum atomic E-state index is 13.0. The molecule has 0 saturated carbocycles. The summed E-state index contributed by atoms with van der Waals surface area (Å²) in [6.45, 7) is 1.57. The number of ether oxygens (including phenoxy) is 3. The third kappa shape index (κ3) is 3.21. The summed E-state index contributed by atoms with van der Waals surface area (Å²) < 4.78 is 15.4. The Morgan fingerprint density at radius 2 is 1.93 bits per heavy atom. The Morgan fingerprint density at radius 3 is 2.72 bits per heavy atom. The molecule has 0 bridgehead atoms. The molecule has 1 atom stereocenters. The standard InChI is InChI=1S/C21H19NO7/c1-2-27-19(24)11-22-15-6-4-3-5-14(15)21(26,20(22)25)10-16(23)13-7-8-17-18(9-13)29-12-28-17/h3-9,26H,2,10-12H2,1H3/t21-/m0/s1. The van der Waals surface area contributed by atoms with Crippen molar-refractivity contribution in [1.29, 1.82) is 0 Å². The Morgan fingerprint density at radius 1 is 1.17 bits per heavy atom. The molecule has 0 spiro atoms. The van der Waals surface area contributed by atoms with Gasteiger partial charge < -0.3 is 19.3 Å². The number of fused-ring (bicyclic) bond motifs is 2. The molecule has 2 aromatic rings. The van der Waals surface area contributed by atoms with Crippen molar-refractivity contribution in [2.45, 2.75) is 18.9 Å². The van der Waals surface area contributed by atoms with Crippen LogP contribution in [0.4, 0.5) is 5.69 Å². The van der Waals surface area contributed by atoms with E-state index in [0.717, 1.165) is 4.90 Å². The Labute approximate surface area is 166 Å². The van der Waals surface area contributed by atoms with Crippen molar-refractivity contribution >= 4 is 23.3 Å². The molecular weight excluding hydrogens is 378 g/mol. The fourth-order valence-electron chi connectivity index (χ4n) is 3.57. The number of hydrogen-bond donors (Lipinski definition) is 1. The first kappa shape index (κ1) is 18.9. The van der Waals surface area contributed by atoms with Crippen LogP contribution in [0.1, 0.15) is 29.3 Å². The predicted molar refractivity (Wildman–Crippen MR) is 101 cm³/mol. The molecule has 0 aromatic heterocycles. The van der Waals surface area contributed by atoms with E-state index < -0.39 is 29.7 Å². The molecule has 2 aliphatic heterocycles. The second-order valence-corrected chi connectivity index (χ2v) is 6.74. The van der Waals surface area contributed by atoms with Crippen LogP contribution in [-0.4, -0.2) is 42.7 Å². The molecule has 8 heteroatoms. The van der Waals surface area contributed by atoms with Crippen LogP contribution in [0.15, 0.2) is 42.5 Å². The van der Waals surface area contributed by atoms with Gasteiger partial charge in [-0.1, -0.05) is 18.2 Å². The summed E-state index contributed by atoms with van der Waals surface area (Å²) in [5.41, 5.74) is -1.12. The van der Waals surface area contributed by atoms with Crippen molar-refractivity contribution in [2.75, 3.05) is 24.8 Å². The number of aliphatic hydroxyl groups is 1. The minimum Gasteiger partial charge on any atom is -0.465 e. The van der Waals surface area contributed by atoms with E-state index in [0.29, 0.717) is 17.2 Å². The highest BCUT2D eigenvalue weighted by Crippen LogP contribution is 2.43. The highest BCUT2D eigenvalue weighted by molar-refractivity contribution is 6.12. The van der Waals surface area contributed by atoms with Crippen molar-refractivity contribution in [2.24, 2.45) is 0 Å². The number of ketones is 1. The van der Waals surface area contributed by atoms with Crippen molar-refractivity contribution in [3.05, 3.63) is 53.6 Å². The zero-order chi connectivity index (χ0) is 20.6. The van der Waals surface area contributed by atoms with Crippen LogP contribution in [0.25, 0.3) is 0 Å². The fraction of sp³-hybridized carbons (Fsp3) is 0.286. The number of anilines is 1. The van der Waals surface area contributed by atoms with Gasteiger partial charge in [0.05, 0.1) is 18.7 Å². The quantitative estimate of drug-likeness (QED) is 0.586. The molecule has 2 aromatic carbocycles. The number of carbonyl (C=O) groups is 3. The Kier molecular flexibility index (Phi) is 4.71. The molecule has 8 nitrogen and oxygen atoms in total. The lowest BCUT2D eigenvalue weighted by Crippen LogP contribution is -2.44. The van der Waals surface area contributed by atoms with Gasteiger partial charge in [0.1, 0.15) is 6.54 Å². The second-order valence-electron chi connectivity index (χ2n) is 6.74. The average molecular weight is 397 g/mol. The molecule has 1 N–H and O–H groups in total. The number of Topliss-reactive ketones (excluding diaryl/α,β-unsaturated/α-hetero) is 1. The number of hydrogen-bond acceptors (Lipinski definition) is 7. The number of amides is 1. The zero-order valence-corrected chi connectivity index (χ0v) is 15.7. The molecule has 0 fully saturated rings. The lowest BCUT2D eigenvalue weighted by atomic mass is 9.88. The molecule has 0 saturated heterocycles. The predicted octanol–water partition coefficient (Wildman–Crippen LogP) is 1.79. The number of nitrogens with zero attached hydrogens (tertiary/aromatic N) is 1. The first-order valence-electron chi connectivity index (χ1n) is 9.16. The molecule has 150 valence electrons. The number of benzene rings is 2. The van der Waals surface area contributed by atoms with Gasteiger partial charge in [-0.2, -0.15) is 0 Å². The van der Waals surface area contributed by atoms with Gasteiger partial charge in [0.25, 0.3) is 5.91 Å². The van der Waals surface area contributed by atoms with Gasteiger partial charge in [-0.05, 0) is 31.2 Å². The summed E-state index contributed by atoms with van der Waals surface area (Å²) in [5, 5.41) is 11.2. The van der Waals surface area contributed by atoms with Crippen LogP contribution < -0.4 is 14.4 Å². The summed E-state index contributed by atoms with van der Waals surface area (Å²) >= 11 is 0. The van der Waals surface area contributed by atoms with Gasteiger partial charge in [-0.3, -0.25) is 19.3 Å². The summed E-state index contributed by atoms with van der Waals surface area (Å²) in [4.78, 5) is 39.0. The minimum atomic E-state index is -2.07. The molecule has 0 radical (unpaired) electrons. The Bertz CT molecular complexity index is 1000. The summed E-state index contributed by atoms with van der Waals surface area (Å²) in [7, 11) is 0. The van der Waals surface area contributed by atoms with Gasteiger partial charge in [-0.15, -0.1) is 0 Å². The average Bonchev–Trinajstić information content (AvgIpc) is 3.26. The maximum Gasteiger partial charge on any atom is 0.326 e. The Hall–Kier alpha value is -3.39. The van der Waals surface area contributed by atoms with Crippen LogP contribution in [0.3, 0.4) is 0 Å². The van der Waals surface area contributed by atoms with E-state index in [1.54, 1.807) is 43.3 Å². The maximum absolute atomic E-state index is 13.0. The SMILES string of the molecule is CCOC(=O)CN1C(=O)[C@](O)(CC(=O)c2ccc3c(c2)OCO3)c2ccccc21. The van der Waals surface area contributed by atoms with Crippen molar-refractivity contribution in [3.8, 4) is 11.5 Å². The van der Waals surface area contributed by atoms with Gasteiger partial charge in [-0.25, -0.2) is 0 Å². The highest BCUT2D eigenvalue weighted by atomic mass is 16.7. The van der Waals surface area contributed by atoms with E-state index in [-0.39, 0.29) is 31.1 Å². The topological polar surface area (TPSA) is 102 Å². The van der Waals surface area contributed by atoms with Crippen molar-refractivity contribution in [1.82, 2.24) is 0 Å². The smallest absolute Gasteiger partial charge is 0.326 e. The second kappa shape index (κ2) is 7.21. The van der Waals surface area contributed by atoms with Gasteiger partial charge >= 0.3 is 5.97 Å². The molecule has 2 aliphatic rings. The van der Waals surface area contributed by atoms with E-state index in [2.05, 4.69) is 0 Å². The summed E-state index contributed by atoms with van der Waals surface area (Å²) in [6, 6.07) is 11.2. The van der Waals surface area contributed by atoms with E-state index in [1.165, 1.54) is 6.07 Å². The molecule has 0 unspecified atom stereocenters. The normalized spacial score (nSPS) is 19.2. The van der Waals surface area contributed by atoms with Crippen LogP contribution in [0, 0.1) is 0 Å². The van der Waals surface area contributed by atoms with E-state index in [1.807, 2.05) is 0 Å². The molecular formula is C21H19NO7. The minimum absolute atomic E-state index is 0.0750. The number of rotatable bonds is 6. The molecule has 2 heterocycles. The molecule has 29 heavy (non-hydrogen) atoms. The molecule has 0 aliphatic carbocycles. The van der Waals surface area contributed by atoms with E-state index in [9.17, 15) is 19.5 Å². The van der Waals surface area contributed by atoms with Crippen LogP contribution in [0.2, 0.25) is 0 Å². The highest BCUT2D eigenvalue weighted by Gasteiger charge is 2.51. The van der Waals surface area contributed by atoms with Crippen molar-refractivity contribution < 1.29 is 33.7 Å². The van der Waals surface area contributed by atoms with Gasteiger partial charge in [0.2, 0.25) is 6.79 Å². The first-order valence-corrected chi connectivity index (χ1v) is 9.16.